The van der Waals surface area contributed by atoms with Gasteiger partial charge in [0.15, 0.2) is 22.1 Å². The van der Waals surface area contributed by atoms with E-state index < -0.39 is 0 Å². The van der Waals surface area contributed by atoms with E-state index in [1.807, 2.05) is 12.1 Å². The van der Waals surface area contributed by atoms with Gasteiger partial charge in [-0.25, -0.2) is 15.0 Å². The number of nitrogens with zero attached hydrogens (tertiary/aromatic N) is 4. The van der Waals surface area contributed by atoms with Gasteiger partial charge in [0.05, 0.1) is 0 Å². The number of fused-ring (bicyclic) bond motifs is 1. The topological polar surface area (TPSA) is 81.7 Å². The Balaban J connectivity index is 0.00000261. The summed E-state index contributed by atoms with van der Waals surface area (Å²) < 4.78 is 2.06. The van der Waals surface area contributed by atoms with Crippen molar-refractivity contribution >= 4 is 68.9 Å². The molecule has 0 bridgehead atoms. The summed E-state index contributed by atoms with van der Waals surface area (Å²) in [7, 11) is 0. The zero-order valence-corrected chi connectivity index (χ0v) is 19.0. The molecule has 0 unspecified atom stereocenters. The summed E-state index contributed by atoms with van der Waals surface area (Å²) in [5.41, 5.74) is 7.33. The van der Waals surface area contributed by atoms with E-state index >= 15 is 0 Å². The van der Waals surface area contributed by atoms with Crippen LogP contribution in [-0.4, -0.2) is 32.1 Å². The third-order valence-corrected chi connectivity index (χ3v) is 5.08. The third-order valence-electron chi connectivity index (χ3n) is 3.68. The number of hydrogen-bond acceptors (Lipinski definition) is 6. The molecule has 2 heterocycles. The summed E-state index contributed by atoms with van der Waals surface area (Å²) in [6.07, 6.45) is 2.41. The van der Waals surface area contributed by atoms with Crippen molar-refractivity contribution in [2.45, 2.75) is 42.9 Å². The fourth-order valence-corrected chi connectivity index (χ4v) is 4.20. The van der Waals surface area contributed by atoms with Crippen LogP contribution < -0.4 is 11.1 Å². The van der Waals surface area contributed by atoms with E-state index in [2.05, 4.69) is 38.7 Å². The summed E-state index contributed by atoms with van der Waals surface area (Å²) in [4.78, 5) is 14.0. The molecule has 0 amide bonds. The van der Waals surface area contributed by atoms with Crippen LogP contribution in [0.5, 0.6) is 0 Å². The number of benzene rings is 1. The highest BCUT2D eigenvalue weighted by Crippen LogP contribution is 2.34. The van der Waals surface area contributed by atoms with Crippen molar-refractivity contribution < 1.29 is 0 Å². The van der Waals surface area contributed by atoms with Gasteiger partial charge >= 0.3 is 0 Å². The van der Waals surface area contributed by atoms with Crippen molar-refractivity contribution in [2.75, 3.05) is 12.3 Å². The summed E-state index contributed by atoms with van der Waals surface area (Å²) in [5, 5.41) is 5.38. The number of nitrogens with one attached hydrogen (secondary N) is 1. The molecule has 10 heteroatoms. The second-order valence-corrected chi connectivity index (χ2v) is 8.06. The SMILES string of the molecule is Br.CC(C)NCCCn1c(Sc2cc(Cl)cc(Cl)c2)nc2c(N)ncnc21. The predicted octanol–water partition coefficient (Wildman–Crippen LogP) is 4.83. The minimum atomic E-state index is 0. The van der Waals surface area contributed by atoms with E-state index in [1.165, 1.54) is 18.1 Å². The molecule has 0 saturated carbocycles. The van der Waals surface area contributed by atoms with Crippen LogP contribution in [0.4, 0.5) is 5.82 Å². The maximum absolute atomic E-state index is 6.12. The van der Waals surface area contributed by atoms with Gasteiger partial charge in [-0.15, -0.1) is 17.0 Å². The maximum atomic E-state index is 6.12. The Hall–Kier alpha value is -1.06. The van der Waals surface area contributed by atoms with Crippen LogP contribution in [0.25, 0.3) is 11.2 Å². The van der Waals surface area contributed by atoms with Crippen LogP contribution in [0.1, 0.15) is 20.3 Å². The zero-order valence-electron chi connectivity index (χ0n) is 14.9. The lowest BCUT2D eigenvalue weighted by molar-refractivity contribution is 0.525. The van der Waals surface area contributed by atoms with E-state index in [0.717, 1.165) is 35.2 Å². The second-order valence-electron chi connectivity index (χ2n) is 6.15. The molecule has 6 nitrogen and oxygen atoms in total. The Labute approximate surface area is 183 Å². The molecule has 1 aromatic carbocycles. The van der Waals surface area contributed by atoms with E-state index in [0.29, 0.717) is 27.4 Å². The maximum Gasteiger partial charge on any atom is 0.175 e. The Bertz CT molecular complexity index is 898. The molecule has 0 aliphatic rings. The van der Waals surface area contributed by atoms with E-state index in [-0.39, 0.29) is 17.0 Å². The van der Waals surface area contributed by atoms with Gasteiger partial charge in [-0.05, 0) is 31.2 Å². The molecule has 146 valence electrons. The lowest BCUT2D eigenvalue weighted by Crippen LogP contribution is -2.24. The molecule has 0 radical (unpaired) electrons. The number of rotatable bonds is 7. The first kappa shape index (κ1) is 22.2. The first-order valence-corrected chi connectivity index (χ1v) is 9.85. The van der Waals surface area contributed by atoms with Crippen LogP contribution in [0, 0.1) is 0 Å². The van der Waals surface area contributed by atoms with Crippen molar-refractivity contribution in [1.82, 2.24) is 24.8 Å². The Morgan fingerprint density at radius 2 is 1.89 bits per heavy atom. The number of aryl methyl sites for hydroxylation is 1. The fourth-order valence-electron chi connectivity index (χ4n) is 2.53. The van der Waals surface area contributed by atoms with Gasteiger partial charge in [0, 0.05) is 27.5 Å². The molecular weight excluding hydrogens is 471 g/mol. The van der Waals surface area contributed by atoms with Crippen molar-refractivity contribution in [1.29, 1.82) is 0 Å². The molecule has 0 spiro atoms. The van der Waals surface area contributed by atoms with Crippen LogP contribution in [0.3, 0.4) is 0 Å². The number of nitrogen functional groups attached to an aromatic ring is 1. The molecule has 0 aliphatic heterocycles. The van der Waals surface area contributed by atoms with E-state index in [4.69, 9.17) is 28.9 Å². The molecule has 0 saturated heterocycles. The lowest BCUT2D eigenvalue weighted by Gasteiger charge is -2.11. The number of halogens is 3. The molecule has 27 heavy (non-hydrogen) atoms. The summed E-state index contributed by atoms with van der Waals surface area (Å²) >= 11 is 13.7. The van der Waals surface area contributed by atoms with Gasteiger partial charge in [0.2, 0.25) is 0 Å². The predicted molar refractivity (Wildman–Crippen MR) is 118 cm³/mol. The average Bonchev–Trinajstić information content (AvgIpc) is 2.89. The van der Waals surface area contributed by atoms with Gasteiger partial charge in [-0.1, -0.05) is 48.8 Å². The molecule has 3 N–H and O–H groups in total. The average molecular weight is 492 g/mol. The van der Waals surface area contributed by atoms with Gasteiger partial charge < -0.3 is 15.6 Å². The standard InChI is InChI=1S/C17H20Cl2N6S.BrH/c1-10(2)21-4-3-5-25-16-14(15(20)22-9-23-16)24-17(25)26-13-7-11(18)6-12(19)8-13;/h6-10,21H,3-5H2,1-2H3,(H2,20,22,23);1H. The number of imidazole rings is 1. The number of anilines is 1. The second kappa shape index (κ2) is 9.93. The zero-order chi connectivity index (χ0) is 18.7. The van der Waals surface area contributed by atoms with Gasteiger partial charge in [-0.2, -0.15) is 0 Å². The van der Waals surface area contributed by atoms with E-state index in [1.54, 1.807) is 6.07 Å². The third kappa shape index (κ3) is 5.71. The van der Waals surface area contributed by atoms with Crippen LogP contribution in [-0.2, 0) is 6.54 Å². The molecule has 3 aromatic rings. The summed E-state index contributed by atoms with van der Waals surface area (Å²) in [6.45, 7) is 5.93. The molecule has 0 fully saturated rings. The summed E-state index contributed by atoms with van der Waals surface area (Å²) in [5.74, 6) is 0.375. The normalized spacial score (nSPS) is 11.1. The van der Waals surface area contributed by atoms with Gasteiger partial charge in [0.25, 0.3) is 0 Å². The molecule has 0 atom stereocenters. The van der Waals surface area contributed by atoms with Crippen molar-refractivity contribution in [2.24, 2.45) is 0 Å². The minimum absolute atomic E-state index is 0. The molecule has 3 rings (SSSR count). The Morgan fingerprint density at radius 3 is 2.56 bits per heavy atom. The molecular formula is C17H21BrCl2N6S. The Morgan fingerprint density at radius 1 is 1.19 bits per heavy atom. The van der Waals surface area contributed by atoms with Crippen LogP contribution >= 0.6 is 51.9 Å². The largest absolute Gasteiger partial charge is 0.382 e. The van der Waals surface area contributed by atoms with Crippen molar-refractivity contribution in [3.05, 3.63) is 34.6 Å². The van der Waals surface area contributed by atoms with Crippen molar-refractivity contribution in [3.63, 3.8) is 0 Å². The number of hydrogen-bond donors (Lipinski definition) is 2. The summed E-state index contributed by atoms with van der Waals surface area (Å²) in [6, 6.07) is 5.88. The van der Waals surface area contributed by atoms with Crippen LogP contribution in [0.15, 0.2) is 34.6 Å². The monoisotopic (exact) mass is 490 g/mol. The lowest BCUT2D eigenvalue weighted by atomic mass is 10.3. The van der Waals surface area contributed by atoms with Crippen molar-refractivity contribution in [3.8, 4) is 0 Å². The Kier molecular flexibility index (Phi) is 8.18. The fraction of sp³-hybridized carbons (Fsp3) is 0.353. The smallest absolute Gasteiger partial charge is 0.175 e. The highest BCUT2D eigenvalue weighted by molar-refractivity contribution is 8.93. The first-order chi connectivity index (χ1) is 12.4. The molecule has 0 aliphatic carbocycles. The molecule has 2 aromatic heterocycles. The van der Waals surface area contributed by atoms with Gasteiger partial charge in [-0.3, -0.25) is 0 Å². The van der Waals surface area contributed by atoms with Gasteiger partial charge in [0.1, 0.15) is 6.33 Å². The number of aromatic nitrogens is 4. The van der Waals surface area contributed by atoms with E-state index in [9.17, 15) is 0 Å². The highest BCUT2D eigenvalue weighted by atomic mass is 79.9. The quantitative estimate of drug-likeness (QED) is 0.460. The van der Waals surface area contributed by atoms with Crippen LogP contribution in [0.2, 0.25) is 10.0 Å². The minimum Gasteiger partial charge on any atom is -0.382 e. The highest BCUT2D eigenvalue weighted by Gasteiger charge is 2.16. The first-order valence-electron chi connectivity index (χ1n) is 8.28. The number of nitrogens with two attached hydrogens (primary N) is 1.